The number of anilines is 2. The van der Waals surface area contributed by atoms with Crippen LogP contribution in [0, 0.1) is 6.92 Å². The smallest absolute Gasteiger partial charge is 0.353 e. The van der Waals surface area contributed by atoms with Crippen LogP contribution in [0.15, 0.2) is 24.5 Å². The van der Waals surface area contributed by atoms with Gasteiger partial charge in [-0.1, -0.05) is 0 Å². The zero-order chi connectivity index (χ0) is 20.9. The van der Waals surface area contributed by atoms with Crippen LogP contribution in [-0.2, 0) is 6.18 Å². The second-order valence-electron chi connectivity index (χ2n) is 7.70. The maximum absolute atomic E-state index is 13.3. The average Bonchev–Trinajstić information content (AvgIpc) is 3.58. The Labute approximate surface area is 171 Å². The Morgan fingerprint density at radius 2 is 1.70 bits per heavy atom. The van der Waals surface area contributed by atoms with E-state index in [0.29, 0.717) is 43.6 Å². The first-order chi connectivity index (χ1) is 14.4. The average molecular weight is 415 g/mol. The van der Waals surface area contributed by atoms with Crippen molar-refractivity contribution in [1.82, 2.24) is 24.9 Å². The number of fused-ring (bicyclic) bond motifs is 1. The highest BCUT2D eigenvalue weighted by molar-refractivity contribution is 5.88. The Balaban J connectivity index is 1.40. The fraction of sp³-hybridized carbons (Fsp3) is 0.450. The number of hydrogen-bond acceptors (Lipinski definition) is 7. The summed E-state index contributed by atoms with van der Waals surface area (Å²) < 4.78 is 40.0. The van der Waals surface area contributed by atoms with Crippen molar-refractivity contribution in [2.24, 2.45) is 0 Å². The second-order valence-corrected chi connectivity index (χ2v) is 7.70. The Hall–Kier alpha value is -3.04. The van der Waals surface area contributed by atoms with Crippen LogP contribution >= 0.6 is 0 Å². The van der Waals surface area contributed by atoms with Gasteiger partial charge in [0.05, 0.1) is 11.7 Å². The van der Waals surface area contributed by atoms with Crippen LogP contribution in [0.1, 0.15) is 36.1 Å². The second kappa shape index (κ2) is 7.03. The van der Waals surface area contributed by atoms with Gasteiger partial charge in [0.2, 0.25) is 0 Å². The molecule has 1 saturated heterocycles. The molecule has 0 atom stereocenters. The minimum absolute atomic E-state index is 0.0521. The first-order valence-corrected chi connectivity index (χ1v) is 9.93. The third-order valence-corrected chi connectivity index (χ3v) is 5.46. The molecule has 3 aromatic rings. The highest BCUT2D eigenvalue weighted by Gasteiger charge is 2.37. The summed E-state index contributed by atoms with van der Waals surface area (Å²) in [5.41, 5.74) is -0.0797. The Morgan fingerprint density at radius 3 is 2.40 bits per heavy atom. The van der Waals surface area contributed by atoms with Gasteiger partial charge in [0.15, 0.2) is 0 Å². The number of aromatic nitrogens is 5. The van der Waals surface area contributed by atoms with Crippen molar-refractivity contribution in [3.63, 3.8) is 0 Å². The Bertz CT molecular complexity index is 1090. The van der Waals surface area contributed by atoms with E-state index in [4.69, 9.17) is 0 Å². The lowest BCUT2D eigenvalue weighted by atomic mass is 10.2. The van der Waals surface area contributed by atoms with Gasteiger partial charge in [0.1, 0.15) is 29.0 Å². The monoisotopic (exact) mass is 415 g/mol. The van der Waals surface area contributed by atoms with Crippen LogP contribution < -0.4 is 9.80 Å². The lowest BCUT2D eigenvalue weighted by Crippen LogP contribution is -2.47. The van der Waals surface area contributed by atoms with Gasteiger partial charge >= 0.3 is 6.18 Å². The van der Waals surface area contributed by atoms with Crippen LogP contribution in [0.3, 0.4) is 0 Å². The molecule has 156 valence electrons. The fourth-order valence-corrected chi connectivity index (χ4v) is 3.75. The molecule has 0 radical (unpaired) electrons. The van der Waals surface area contributed by atoms with E-state index in [1.807, 2.05) is 17.9 Å². The molecule has 0 aromatic carbocycles. The summed E-state index contributed by atoms with van der Waals surface area (Å²) in [6.07, 6.45) is 0.643. The molecule has 5 rings (SSSR count). The lowest BCUT2D eigenvalue weighted by molar-refractivity contribution is -0.141. The third-order valence-electron chi connectivity index (χ3n) is 5.46. The van der Waals surface area contributed by atoms with E-state index < -0.39 is 11.9 Å². The summed E-state index contributed by atoms with van der Waals surface area (Å²) in [4.78, 5) is 25.4. The first kappa shape index (κ1) is 19.0. The molecule has 4 heterocycles. The van der Waals surface area contributed by atoms with Gasteiger partial charge < -0.3 is 9.80 Å². The summed E-state index contributed by atoms with van der Waals surface area (Å²) in [6.45, 7) is 4.18. The molecule has 0 spiro atoms. The van der Waals surface area contributed by atoms with E-state index >= 15 is 0 Å². The summed E-state index contributed by atoms with van der Waals surface area (Å²) in [5.74, 6) is 2.21. The molecular formula is C20H20F3N7. The van der Waals surface area contributed by atoms with E-state index in [1.165, 1.54) is 0 Å². The number of aryl methyl sites for hydroxylation is 1. The van der Waals surface area contributed by atoms with Crippen molar-refractivity contribution < 1.29 is 13.2 Å². The first-order valence-electron chi connectivity index (χ1n) is 9.93. The SMILES string of the molecule is Cc1nc(N2CCN(c3cc(C(F)(F)F)nc(C4CC4)n3)CC2)c2ccncc2n1. The minimum atomic E-state index is -4.48. The quantitative estimate of drug-likeness (QED) is 0.650. The van der Waals surface area contributed by atoms with E-state index in [9.17, 15) is 13.2 Å². The Kier molecular flexibility index (Phi) is 4.44. The molecule has 2 aliphatic rings. The fourth-order valence-electron chi connectivity index (χ4n) is 3.75. The van der Waals surface area contributed by atoms with Crippen LogP contribution in [0.5, 0.6) is 0 Å². The van der Waals surface area contributed by atoms with Gasteiger partial charge in [0, 0.05) is 49.7 Å². The van der Waals surface area contributed by atoms with Crippen molar-refractivity contribution in [3.05, 3.63) is 41.9 Å². The maximum atomic E-state index is 13.3. The van der Waals surface area contributed by atoms with Gasteiger partial charge in [-0.05, 0) is 25.8 Å². The minimum Gasteiger partial charge on any atom is -0.353 e. The van der Waals surface area contributed by atoms with Crippen LogP contribution in [0.2, 0.25) is 0 Å². The molecule has 1 aliphatic heterocycles. The molecule has 7 nitrogen and oxygen atoms in total. The molecule has 0 amide bonds. The molecule has 0 bridgehead atoms. The predicted octanol–water partition coefficient (Wildman–Crippen LogP) is 3.35. The maximum Gasteiger partial charge on any atom is 0.433 e. The van der Waals surface area contributed by atoms with Crippen LogP contribution in [-0.4, -0.2) is 51.1 Å². The van der Waals surface area contributed by atoms with Crippen molar-refractivity contribution in [1.29, 1.82) is 0 Å². The molecular weight excluding hydrogens is 395 g/mol. The number of nitrogens with zero attached hydrogens (tertiary/aromatic N) is 7. The van der Waals surface area contributed by atoms with E-state index in [-0.39, 0.29) is 5.92 Å². The van der Waals surface area contributed by atoms with Crippen molar-refractivity contribution in [2.75, 3.05) is 36.0 Å². The lowest BCUT2D eigenvalue weighted by Gasteiger charge is -2.36. The highest BCUT2D eigenvalue weighted by Crippen LogP contribution is 2.40. The number of pyridine rings is 1. The molecule has 1 aliphatic carbocycles. The third kappa shape index (κ3) is 3.61. The van der Waals surface area contributed by atoms with Gasteiger partial charge in [-0.2, -0.15) is 13.2 Å². The molecule has 1 saturated carbocycles. The van der Waals surface area contributed by atoms with E-state index in [2.05, 4.69) is 29.8 Å². The van der Waals surface area contributed by atoms with Gasteiger partial charge in [-0.15, -0.1) is 0 Å². The summed E-state index contributed by atoms with van der Waals surface area (Å²) in [7, 11) is 0. The van der Waals surface area contributed by atoms with Gasteiger partial charge in [0.25, 0.3) is 0 Å². The summed E-state index contributed by atoms with van der Waals surface area (Å²) in [5, 5.41) is 0.918. The normalized spacial score (nSPS) is 17.6. The molecule has 3 aromatic heterocycles. The van der Waals surface area contributed by atoms with Crippen LogP contribution in [0.25, 0.3) is 10.9 Å². The van der Waals surface area contributed by atoms with E-state index in [0.717, 1.165) is 35.6 Å². The molecule has 0 N–H and O–H groups in total. The zero-order valence-electron chi connectivity index (χ0n) is 16.4. The number of piperazine rings is 1. The number of rotatable bonds is 3. The van der Waals surface area contributed by atoms with Gasteiger partial charge in [-0.3, -0.25) is 4.98 Å². The summed E-state index contributed by atoms with van der Waals surface area (Å²) >= 11 is 0. The van der Waals surface area contributed by atoms with Crippen molar-refractivity contribution in [3.8, 4) is 0 Å². The Morgan fingerprint density at radius 1 is 0.967 bits per heavy atom. The summed E-state index contributed by atoms with van der Waals surface area (Å²) in [6, 6.07) is 2.95. The number of halogens is 3. The molecule has 30 heavy (non-hydrogen) atoms. The van der Waals surface area contributed by atoms with Gasteiger partial charge in [-0.25, -0.2) is 19.9 Å². The predicted molar refractivity (Wildman–Crippen MR) is 106 cm³/mol. The molecule has 2 fully saturated rings. The van der Waals surface area contributed by atoms with E-state index in [1.54, 1.807) is 12.4 Å². The van der Waals surface area contributed by atoms with Crippen molar-refractivity contribution in [2.45, 2.75) is 31.9 Å². The molecule has 10 heteroatoms. The number of alkyl halides is 3. The largest absolute Gasteiger partial charge is 0.433 e. The number of hydrogen-bond donors (Lipinski definition) is 0. The topological polar surface area (TPSA) is 70.9 Å². The van der Waals surface area contributed by atoms with Crippen LogP contribution in [0.4, 0.5) is 24.8 Å². The highest BCUT2D eigenvalue weighted by atomic mass is 19.4. The zero-order valence-corrected chi connectivity index (χ0v) is 16.4. The van der Waals surface area contributed by atoms with Crippen molar-refractivity contribution >= 4 is 22.5 Å². The molecule has 0 unspecified atom stereocenters. The standard InChI is InChI=1S/C20H20F3N7/c1-12-25-15-11-24-5-4-14(15)19(26-12)30-8-6-29(7-9-30)17-10-16(20(21,22)23)27-18(28-17)13-2-3-13/h4-5,10-11,13H,2-3,6-9H2,1H3.